The number of likely N-dealkylation sites (tertiary alicyclic amines) is 1. The number of anilines is 2. The highest BCUT2D eigenvalue weighted by atomic mass is 32.1. The molecule has 5 aromatic rings. The van der Waals surface area contributed by atoms with Crippen molar-refractivity contribution in [3.05, 3.63) is 94.8 Å². The Morgan fingerprint density at radius 3 is 2.55 bits per heavy atom. The monoisotopic (exact) mass is 687 g/mol. The number of alkyl halides is 3. The van der Waals surface area contributed by atoms with E-state index in [1.807, 2.05) is 16.7 Å². The molecule has 0 radical (unpaired) electrons. The number of thiophene rings is 1. The van der Waals surface area contributed by atoms with Gasteiger partial charge in [0.25, 0.3) is 0 Å². The number of carbonyl (C=O) groups is 1. The van der Waals surface area contributed by atoms with Crippen LogP contribution < -0.4 is 10.6 Å². The predicted octanol–water partition coefficient (Wildman–Crippen LogP) is 7.04. The SMILES string of the molecule is C=CC(=O)Nc1ccc([C@](C)(O)Cn2c(C#N)cc3c(C)c(CN4CCC(Nc5ncnc6sc(CC(F)(F)F)cc56)CC4)ccc32)cc1. The van der Waals surface area contributed by atoms with Gasteiger partial charge in [0.15, 0.2) is 0 Å². The number of aliphatic hydroxyl groups is 1. The molecule has 3 aromatic heterocycles. The van der Waals surface area contributed by atoms with E-state index in [1.54, 1.807) is 37.3 Å². The lowest BCUT2D eigenvalue weighted by atomic mass is 9.95. The number of amides is 1. The zero-order valence-corrected chi connectivity index (χ0v) is 28.0. The highest BCUT2D eigenvalue weighted by Crippen LogP contribution is 2.34. The number of fused-ring (bicyclic) bond motifs is 2. The fraction of sp³-hybridized carbons (Fsp3) is 0.333. The maximum absolute atomic E-state index is 13.0. The van der Waals surface area contributed by atoms with E-state index >= 15 is 0 Å². The van der Waals surface area contributed by atoms with Gasteiger partial charge in [0.2, 0.25) is 5.91 Å². The van der Waals surface area contributed by atoms with Crippen molar-refractivity contribution < 1.29 is 23.1 Å². The Morgan fingerprint density at radius 1 is 1.14 bits per heavy atom. The molecule has 0 aliphatic carbocycles. The Hall–Kier alpha value is -4.77. The van der Waals surface area contributed by atoms with E-state index in [4.69, 9.17) is 0 Å². The van der Waals surface area contributed by atoms with Crippen LogP contribution in [0.5, 0.6) is 0 Å². The number of rotatable bonds is 10. The van der Waals surface area contributed by atoms with Crippen LogP contribution in [0.4, 0.5) is 24.7 Å². The summed E-state index contributed by atoms with van der Waals surface area (Å²) in [6.45, 7) is 9.76. The lowest BCUT2D eigenvalue weighted by molar-refractivity contribution is -0.126. The van der Waals surface area contributed by atoms with Gasteiger partial charge in [-0.3, -0.25) is 9.69 Å². The first kappa shape index (κ1) is 34.1. The lowest BCUT2D eigenvalue weighted by Gasteiger charge is -2.33. The maximum Gasteiger partial charge on any atom is 0.393 e. The average Bonchev–Trinajstić information content (AvgIpc) is 3.63. The van der Waals surface area contributed by atoms with Crippen molar-refractivity contribution in [1.29, 1.82) is 5.26 Å². The molecule has 1 aliphatic rings. The number of hydrogen-bond acceptors (Lipinski definition) is 8. The van der Waals surface area contributed by atoms with Gasteiger partial charge in [-0.25, -0.2) is 9.97 Å². The molecular weight excluding hydrogens is 652 g/mol. The molecular formula is C36H36F3N7O2S. The molecule has 1 atom stereocenters. The number of hydrogen-bond donors (Lipinski definition) is 3. The van der Waals surface area contributed by atoms with E-state index in [1.165, 1.54) is 12.4 Å². The number of nitrogens with zero attached hydrogens (tertiary/aromatic N) is 5. The van der Waals surface area contributed by atoms with E-state index in [0.717, 1.165) is 65.8 Å². The molecule has 2 aromatic carbocycles. The first-order chi connectivity index (χ1) is 23.3. The predicted molar refractivity (Wildman–Crippen MR) is 185 cm³/mol. The van der Waals surface area contributed by atoms with Crippen molar-refractivity contribution in [3.8, 4) is 6.07 Å². The minimum Gasteiger partial charge on any atom is -0.384 e. The van der Waals surface area contributed by atoms with Crippen molar-refractivity contribution in [2.24, 2.45) is 0 Å². The summed E-state index contributed by atoms with van der Waals surface area (Å²) in [5.74, 6) is 0.248. The van der Waals surface area contributed by atoms with Gasteiger partial charge in [-0.2, -0.15) is 18.4 Å². The summed E-state index contributed by atoms with van der Waals surface area (Å²) in [5, 5.41) is 29.3. The fourth-order valence-electron chi connectivity index (χ4n) is 6.44. The average molecular weight is 688 g/mol. The van der Waals surface area contributed by atoms with Crippen LogP contribution in [-0.2, 0) is 29.9 Å². The summed E-state index contributed by atoms with van der Waals surface area (Å²) in [7, 11) is 0. The van der Waals surface area contributed by atoms with Crippen molar-refractivity contribution in [2.45, 2.75) is 64.0 Å². The zero-order chi connectivity index (χ0) is 34.9. The van der Waals surface area contributed by atoms with Crippen LogP contribution in [0.15, 0.2) is 67.5 Å². The second-order valence-corrected chi connectivity index (χ2v) is 13.8. The molecule has 1 saturated heterocycles. The van der Waals surface area contributed by atoms with Crippen LogP contribution in [0.2, 0.25) is 0 Å². The molecule has 3 N–H and O–H groups in total. The summed E-state index contributed by atoms with van der Waals surface area (Å²) in [6, 6.07) is 16.9. The number of aromatic nitrogens is 3. The van der Waals surface area contributed by atoms with Gasteiger partial charge in [0, 0.05) is 47.1 Å². The van der Waals surface area contributed by atoms with Crippen LogP contribution in [0.1, 0.15) is 47.0 Å². The third kappa shape index (κ3) is 7.62. The topological polar surface area (TPSA) is 119 Å². The third-order valence-corrected chi connectivity index (χ3v) is 10.1. The van der Waals surface area contributed by atoms with Gasteiger partial charge in [0.1, 0.15) is 34.3 Å². The largest absolute Gasteiger partial charge is 0.393 e. The number of benzene rings is 2. The lowest BCUT2D eigenvalue weighted by Crippen LogP contribution is -2.39. The summed E-state index contributed by atoms with van der Waals surface area (Å²) >= 11 is 1.05. The molecule has 0 saturated carbocycles. The van der Waals surface area contributed by atoms with Crippen LogP contribution in [-0.4, -0.2) is 55.8 Å². The van der Waals surface area contributed by atoms with Gasteiger partial charge in [0.05, 0.1) is 18.4 Å². The standard InChI is InChI=1S/C36H36F3N7O2S/c1-4-32(47)43-25-8-6-24(7-9-25)35(3,48)20-46-27(18-40)15-29-22(2)23(5-10-31(29)46)19-45-13-11-26(12-14-45)44-33-30-16-28(17-36(37,38)39)49-34(30)42-21-41-33/h4-10,15-16,21,26,48H,1,11-14,17,19-20H2,2-3H3,(H,43,47)(H,41,42,44)/t35-/m1/s1. The van der Waals surface area contributed by atoms with E-state index in [2.05, 4.69) is 51.1 Å². The van der Waals surface area contributed by atoms with E-state index in [0.29, 0.717) is 33.0 Å². The summed E-state index contributed by atoms with van der Waals surface area (Å²) in [6.07, 6.45) is -0.982. The van der Waals surface area contributed by atoms with E-state index in [-0.39, 0.29) is 23.4 Å². The number of nitriles is 1. The first-order valence-electron chi connectivity index (χ1n) is 15.9. The summed E-state index contributed by atoms with van der Waals surface area (Å²) in [5.41, 5.74) is 3.47. The maximum atomic E-state index is 13.0. The Morgan fingerprint density at radius 2 is 1.88 bits per heavy atom. The van der Waals surface area contributed by atoms with Gasteiger partial charge in [-0.05, 0) is 79.8 Å². The molecule has 254 valence electrons. The molecule has 1 fully saturated rings. The van der Waals surface area contributed by atoms with Crippen LogP contribution in [0.25, 0.3) is 21.1 Å². The van der Waals surface area contributed by atoms with Crippen LogP contribution in [0.3, 0.4) is 0 Å². The minimum absolute atomic E-state index is 0.131. The van der Waals surface area contributed by atoms with Gasteiger partial charge >= 0.3 is 6.18 Å². The molecule has 13 heteroatoms. The zero-order valence-electron chi connectivity index (χ0n) is 27.1. The summed E-state index contributed by atoms with van der Waals surface area (Å²) in [4.78, 5) is 23.3. The molecule has 0 unspecified atom stereocenters. The van der Waals surface area contributed by atoms with E-state index < -0.39 is 18.2 Å². The summed E-state index contributed by atoms with van der Waals surface area (Å²) < 4.78 is 40.7. The van der Waals surface area contributed by atoms with Crippen LogP contribution >= 0.6 is 11.3 Å². The smallest absolute Gasteiger partial charge is 0.384 e. The molecule has 0 bridgehead atoms. The first-order valence-corrected chi connectivity index (χ1v) is 16.7. The number of nitrogens with one attached hydrogen (secondary N) is 2. The second kappa shape index (κ2) is 13.6. The number of piperidine rings is 1. The van der Waals surface area contributed by atoms with Gasteiger partial charge in [-0.1, -0.05) is 24.8 Å². The third-order valence-electron chi connectivity index (χ3n) is 9.08. The Labute approximate surface area is 285 Å². The second-order valence-electron chi connectivity index (χ2n) is 12.7. The molecule has 49 heavy (non-hydrogen) atoms. The Balaban J connectivity index is 1.12. The van der Waals surface area contributed by atoms with Gasteiger partial charge < -0.3 is 20.3 Å². The van der Waals surface area contributed by atoms with Gasteiger partial charge in [-0.15, -0.1) is 11.3 Å². The number of carbonyl (C=O) groups excluding carboxylic acids is 1. The normalized spacial score (nSPS) is 15.6. The van der Waals surface area contributed by atoms with Crippen molar-refractivity contribution >= 4 is 49.9 Å². The number of halogens is 3. The molecule has 1 aliphatic heterocycles. The molecule has 1 amide bonds. The van der Waals surface area contributed by atoms with Crippen molar-refractivity contribution in [3.63, 3.8) is 0 Å². The van der Waals surface area contributed by atoms with Crippen LogP contribution in [0, 0.1) is 18.3 Å². The quantitative estimate of drug-likeness (QED) is 0.135. The molecule has 0 spiro atoms. The highest BCUT2D eigenvalue weighted by molar-refractivity contribution is 7.18. The molecule has 9 nitrogen and oxygen atoms in total. The highest BCUT2D eigenvalue weighted by Gasteiger charge is 2.30. The minimum atomic E-state index is -4.28. The molecule has 4 heterocycles. The number of aryl methyl sites for hydroxylation is 1. The van der Waals surface area contributed by atoms with E-state index in [9.17, 15) is 28.3 Å². The van der Waals surface area contributed by atoms with Crippen molar-refractivity contribution in [2.75, 3.05) is 23.7 Å². The molecule has 6 rings (SSSR count). The Kier molecular flexibility index (Phi) is 9.48. The Bertz CT molecular complexity index is 2050. The van der Waals surface area contributed by atoms with Crippen molar-refractivity contribution in [1.82, 2.24) is 19.4 Å². The fourth-order valence-corrected chi connectivity index (χ4v) is 7.46.